The Labute approximate surface area is 141 Å². The molecule has 1 aliphatic rings. The molecule has 0 radical (unpaired) electrons. The number of nitrogens with zero attached hydrogens (tertiary/aromatic N) is 2. The number of alkyl halides is 3. The van der Waals surface area contributed by atoms with E-state index in [1.165, 1.54) is 11.1 Å². The van der Waals surface area contributed by atoms with Gasteiger partial charge in [-0.25, -0.2) is 0 Å². The lowest BCUT2D eigenvalue weighted by Gasteiger charge is -2.32. The van der Waals surface area contributed by atoms with Crippen LogP contribution in [-0.2, 0) is 4.79 Å². The molecule has 0 spiro atoms. The molecule has 1 fully saturated rings. The van der Waals surface area contributed by atoms with Gasteiger partial charge in [0.05, 0.1) is 5.57 Å². The minimum atomic E-state index is -4.61. The Morgan fingerprint density at radius 1 is 1.33 bits per heavy atom. The van der Waals surface area contributed by atoms with Gasteiger partial charge in [-0.2, -0.15) is 13.2 Å². The zero-order chi connectivity index (χ0) is 18.3. The molecular formula is C17H27F3N2O2. The largest absolute Gasteiger partial charge is 0.416 e. The van der Waals surface area contributed by atoms with Crippen molar-refractivity contribution in [1.29, 1.82) is 0 Å². The van der Waals surface area contributed by atoms with E-state index in [0.717, 1.165) is 19.5 Å². The summed E-state index contributed by atoms with van der Waals surface area (Å²) in [5.41, 5.74) is -0.923. The molecule has 4 nitrogen and oxygen atoms in total. The second-order valence-electron chi connectivity index (χ2n) is 6.59. The van der Waals surface area contributed by atoms with Gasteiger partial charge in [-0.05, 0) is 49.9 Å². The van der Waals surface area contributed by atoms with Crippen LogP contribution in [0.5, 0.6) is 0 Å². The average Bonchev–Trinajstić information content (AvgIpc) is 2.39. The monoisotopic (exact) mass is 348 g/mol. The highest BCUT2D eigenvalue weighted by Crippen LogP contribution is 2.33. The Balaban J connectivity index is 2.98. The fourth-order valence-electron chi connectivity index (χ4n) is 2.52. The molecule has 1 saturated heterocycles. The first-order chi connectivity index (χ1) is 11.1. The molecule has 1 rings (SSSR count). The first-order valence-corrected chi connectivity index (χ1v) is 8.21. The van der Waals surface area contributed by atoms with E-state index in [9.17, 15) is 23.1 Å². The molecule has 1 atom stereocenters. The lowest BCUT2D eigenvalue weighted by Crippen LogP contribution is -2.38. The molecule has 0 bridgehead atoms. The van der Waals surface area contributed by atoms with Crippen LogP contribution in [0.15, 0.2) is 23.4 Å². The topological polar surface area (TPSA) is 43.8 Å². The van der Waals surface area contributed by atoms with Gasteiger partial charge in [0, 0.05) is 19.8 Å². The zero-order valence-electron chi connectivity index (χ0n) is 14.5. The van der Waals surface area contributed by atoms with Gasteiger partial charge < -0.3 is 14.9 Å². The zero-order valence-corrected chi connectivity index (χ0v) is 14.5. The molecule has 7 heteroatoms. The average molecular weight is 348 g/mol. The first kappa shape index (κ1) is 20.7. The first-order valence-electron chi connectivity index (χ1n) is 8.21. The Kier molecular flexibility index (Phi) is 7.96. The lowest BCUT2D eigenvalue weighted by molar-refractivity contribution is -0.106. The minimum absolute atomic E-state index is 0.0202. The summed E-state index contributed by atoms with van der Waals surface area (Å²) < 4.78 is 39.8. The van der Waals surface area contributed by atoms with E-state index in [1.54, 1.807) is 7.05 Å². The van der Waals surface area contributed by atoms with Crippen molar-refractivity contribution in [2.75, 3.05) is 26.7 Å². The molecule has 0 aliphatic carbocycles. The van der Waals surface area contributed by atoms with Gasteiger partial charge in [-0.3, -0.25) is 4.79 Å². The number of allylic oxidation sites excluding steroid dienone is 2. The number of aldehydes is 1. The number of halogens is 3. The number of hydrogen-bond donors (Lipinski definition) is 1. The predicted octanol–water partition coefficient (Wildman–Crippen LogP) is 2.95. The molecule has 1 aliphatic heterocycles. The summed E-state index contributed by atoms with van der Waals surface area (Å²) in [5.74, 6) is 0.216. The maximum Gasteiger partial charge on any atom is 0.416 e. The van der Waals surface area contributed by atoms with Crippen molar-refractivity contribution in [1.82, 2.24) is 9.80 Å². The highest BCUT2D eigenvalue weighted by Gasteiger charge is 2.36. The van der Waals surface area contributed by atoms with Gasteiger partial charge in [-0.15, -0.1) is 0 Å². The van der Waals surface area contributed by atoms with Crippen molar-refractivity contribution in [2.24, 2.45) is 5.92 Å². The van der Waals surface area contributed by atoms with E-state index >= 15 is 0 Å². The van der Waals surface area contributed by atoms with E-state index in [-0.39, 0.29) is 24.2 Å². The molecular weight excluding hydrogens is 321 g/mol. The Morgan fingerprint density at radius 3 is 2.38 bits per heavy atom. The van der Waals surface area contributed by atoms with Crippen molar-refractivity contribution in [3.8, 4) is 0 Å². The third-order valence-corrected chi connectivity index (χ3v) is 4.04. The molecule has 1 unspecified atom stereocenters. The summed E-state index contributed by atoms with van der Waals surface area (Å²) >= 11 is 0. The summed E-state index contributed by atoms with van der Waals surface area (Å²) in [5, 5.41) is 10.1. The van der Waals surface area contributed by atoms with Crippen molar-refractivity contribution in [2.45, 2.75) is 45.5 Å². The van der Waals surface area contributed by atoms with Gasteiger partial charge in [0.25, 0.3) is 0 Å². The Bertz CT molecular complexity index is 469. The van der Waals surface area contributed by atoms with Crippen molar-refractivity contribution in [3.05, 3.63) is 23.4 Å². The quantitative estimate of drug-likeness (QED) is 0.301. The Hall–Kier alpha value is -1.34. The van der Waals surface area contributed by atoms with Crippen LogP contribution >= 0.6 is 0 Å². The van der Waals surface area contributed by atoms with Crippen molar-refractivity contribution in [3.63, 3.8) is 0 Å². The van der Waals surface area contributed by atoms with Crippen molar-refractivity contribution >= 4 is 6.29 Å². The molecule has 0 saturated carbocycles. The summed E-state index contributed by atoms with van der Waals surface area (Å²) in [7, 11) is 1.55. The number of rotatable bonds is 9. The smallest absolute Gasteiger partial charge is 0.374 e. The number of aliphatic hydroxyl groups excluding tert-OH is 1. The third-order valence-electron chi connectivity index (χ3n) is 4.04. The van der Waals surface area contributed by atoms with Gasteiger partial charge >= 0.3 is 6.18 Å². The summed E-state index contributed by atoms with van der Waals surface area (Å²) in [6.07, 6.45) is -1.75. The standard InChI is InChI=1S/C17H27F3N2O2/c1-13(2)11-16(24)21(3)12-14(5-9-22-7-4-8-22)15(6-10-23)17(18,19)20/h6,10,12-13,16,24H,4-5,7-9,11H2,1-3H3/b14-12-,15-6+. The number of carbonyl (C=O) groups is 1. The van der Waals surface area contributed by atoms with Crippen molar-refractivity contribution < 1.29 is 23.1 Å². The fraction of sp³-hybridized carbons (Fsp3) is 0.706. The second kappa shape index (κ2) is 9.22. The molecule has 0 aromatic rings. The van der Waals surface area contributed by atoms with Crippen LogP contribution in [0.1, 0.15) is 33.1 Å². The van der Waals surface area contributed by atoms with Gasteiger partial charge in [0.1, 0.15) is 12.5 Å². The molecule has 0 amide bonds. The highest BCUT2D eigenvalue weighted by atomic mass is 19.4. The van der Waals surface area contributed by atoms with Crippen LogP contribution in [0, 0.1) is 5.92 Å². The number of aliphatic hydroxyl groups is 1. The van der Waals surface area contributed by atoms with Crippen LogP contribution in [0.3, 0.4) is 0 Å². The minimum Gasteiger partial charge on any atom is -0.374 e. The Morgan fingerprint density at radius 2 is 1.96 bits per heavy atom. The normalized spacial score (nSPS) is 18.5. The molecule has 1 heterocycles. The number of carbonyl (C=O) groups excluding carboxylic acids is 1. The molecule has 0 aromatic carbocycles. The van der Waals surface area contributed by atoms with Crippen LogP contribution in [0.4, 0.5) is 13.2 Å². The van der Waals surface area contributed by atoms with Crippen LogP contribution in [0.25, 0.3) is 0 Å². The predicted molar refractivity (Wildman–Crippen MR) is 87.2 cm³/mol. The molecule has 0 aromatic heterocycles. The van der Waals surface area contributed by atoms with Crippen LogP contribution < -0.4 is 0 Å². The fourth-order valence-corrected chi connectivity index (χ4v) is 2.52. The molecule has 1 N–H and O–H groups in total. The summed E-state index contributed by atoms with van der Waals surface area (Å²) in [4.78, 5) is 14.1. The number of likely N-dealkylation sites (tertiary alicyclic amines) is 1. The van der Waals surface area contributed by atoms with E-state index < -0.39 is 18.0 Å². The lowest BCUT2D eigenvalue weighted by atomic mass is 10.0. The highest BCUT2D eigenvalue weighted by molar-refractivity contribution is 5.68. The van der Waals surface area contributed by atoms with E-state index in [1.807, 2.05) is 13.8 Å². The van der Waals surface area contributed by atoms with E-state index in [0.29, 0.717) is 19.0 Å². The molecule has 24 heavy (non-hydrogen) atoms. The summed E-state index contributed by atoms with van der Waals surface area (Å²) in [6, 6.07) is 0. The van der Waals surface area contributed by atoms with E-state index in [2.05, 4.69) is 4.90 Å². The van der Waals surface area contributed by atoms with Gasteiger partial charge in [0.2, 0.25) is 0 Å². The van der Waals surface area contributed by atoms with Gasteiger partial charge in [0.15, 0.2) is 0 Å². The van der Waals surface area contributed by atoms with Crippen LogP contribution in [0.2, 0.25) is 0 Å². The van der Waals surface area contributed by atoms with E-state index in [4.69, 9.17) is 0 Å². The van der Waals surface area contributed by atoms with Gasteiger partial charge in [-0.1, -0.05) is 13.8 Å². The second-order valence-corrected chi connectivity index (χ2v) is 6.59. The maximum absolute atomic E-state index is 13.3. The SMILES string of the molecule is CC(C)CC(O)N(C)/C=C(CCN1CCC1)\C(=C/C=O)C(F)(F)F. The number of hydrogen-bond acceptors (Lipinski definition) is 4. The third kappa shape index (κ3) is 6.65. The maximum atomic E-state index is 13.3. The summed E-state index contributed by atoms with van der Waals surface area (Å²) in [6.45, 7) is 6.14. The van der Waals surface area contributed by atoms with Crippen LogP contribution in [-0.4, -0.2) is 60.3 Å². The molecule has 138 valence electrons.